The Morgan fingerprint density at radius 3 is 0.473 bits per heavy atom. The van der Waals surface area contributed by atoms with Crippen LogP contribution in [0.5, 0.6) is 0 Å². The van der Waals surface area contributed by atoms with Crippen LogP contribution in [0.25, 0.3) is 50.8 Å². The molecule has 0 aromatic heterocycles. The van der Waals surface area contributed by atoms with Crippen molar-refractivity contribution in [1.82, 2.24) is 0 Å². The van der Waals surface area contributed by atoms with Crippen molar-refractivity contribution in [3.8, 4) is 0 Å². The molecule has 0 N–H and O–H groups in total. The van der Waals surface area contributed by atoms with E-state index in [1.54, 1.807) is 0 Å². The van der Waals surface area contributed by atoms with Crippen LogP contribution in [0.4, 0.5) is 0 Å². The van der Waals surface area contributed by atoms with E-state index in [0.717, 1.165) is 164 Å². The molecule has 3 heterocycles. The summed E-state index contributed by atoms with van der Waals surface area (Å²) in [5.41, 5.74) is 57.8. The zero-order valence-electron chi connectivity index (χ0n) is 98.3. The van der Waals surface area contributed by atoms with Gasteiger partial charge in [0, 0.05) is 68.3 Å². The van der Waals surface area contributed by atoms with Crippen LogP contribution in [-0.2, 0) is 67.4 Å². The number of unbranched alkanes of at least 4 members (excludes halogenated alkanes) is 53. The van der Waals surface area contributed by atoms with Crippen LogP contribution in [0.3, 0.4) is 0 Å². The van der Waals surface area contributed by atoms with Crippen LogP contribution < -0.4 is 0 Å². The fourth-order valence-electron chi connectivity index (χ4n) is 20.6. The molecule has 0 radical (unpaired) electrons. The molecule has 834 valence electrons. The normalized spacial score (nSPS) is 12.9. The Bertz CT molecular complexity index is 4160. The molecule has 148 heavy (non-hydrogen) atoms. The maximum absolute atomic E-state index is 11.3. The Labute approximate surface area is 927 Å². The second-order valence-electron chi connectivity index (χ2n) is 43.8. The van der Waals surface area contributed by atoms with E-state index in [1.165, 1.54) is 471 Å². The summed E-state index contributed by atoms with van der Waals surface area (Å²) in [5.74, 6) is 0. The monoisotopic (exact) mass is 2110 g/mol. The summed E-state index contributed by atoms with van der Waals surface area (Å²) < 4.78 is 4.30. The molecule has 0 saturated heterocycles. The molecule has 0 saturated carbocycles. The van der Waals surface area contributed by atoms with Gasteiger partial charge in [0.2, 0.25) is 34.2 Å². The average Bonchev–Trinajstić information content (AvgIpc) is 1.64. The van der Waals surface area contributed by atoms with E-state index in [-0.39, 0.29) is 0 Å². The van der Waals surface area contributed by atoms with Gasteiger partial charge in [0.15, 0.2) is 0 Å². The van der Waals surface area contributed by atoms with E-state index < -0.39 is 0 Å². The van der Waals surface area contributed by atoms with Gasteiger partial charge < -0.3 is 16.6 Å². The van der Waals surface area contributed by atoms with Crippen molar-refractivity contribution in [3.63, 3.8) is 0 Å². The molecule has 8 heteroatoms. The van der Waals surface area contributed by atoms with Crippen LogP contribution in [0, 0.1) is 0 Å². The number of rotatable bonds is 85. The molecule has 6 aromatic carbocycles. The molecule has 0 aliphatic carbocycles. The predicted molar refractivity (Wildman–Crippen MR) is 648 cm³/mol. The van der Waals surface area contributed by atoms with Gasteiger partial charge in [-0.05, 0) is 222 Å². The summed E-state index contributed by atoms with van der Waals surface area (Å²) in [4.78, 5) is 0. The van der Waals surface area contributed by atoms with Gasteiger partial charge in [-0.2, -0.15) is 0 Å². The number of allylic oxidation sites excluding steroid dienone is 6. The zero-order chi connectivity index (χ0) is 106. The van der Waals surface area contributed by atoms with Crippen molar-refractivity contribution in [2.75, 3.05) is 0 Å². The quantitative estimate of drug-likeness (QED) is 0.0207. The first-order chi connectivity index (χ1) is 72.8. The molecule has 0 amide bonds. The molecule has 0 fully saturated rings. The number of benzene rings is 6. The molecule has 0 atom stereocenters. The van der Waals surface area contributed by atoms with Crippen molar-refractivity contribution in [2.45, 2.75) is 593 Å². The molecule has 0 bridgehead atoms. The molecular weight excluding hydrogens is 1880 g/mol. The number of hydrogen-bond acceptors (Lipinski definition) is 0. The van der Waals surface area contributed by atoms with Gasteiger partial charge in [0.1, 0.15) is 0 Å². The Morgan fingerprint density at radius 2 is 0.304 bits per heavy atom. The third-order valence-corrected chi connectivity index (χ3v) is 32.8. The van der Waals surface area contributed by atoms with Crippen LogP contribution >= 0.6 is 0 Å². The van der Waals surface area contributed by atoms with Gasteiger partial charge in [-0.3, -0.25) is 0 Å². The number of hydrogen-bond donors (Lipinski definition) is 0. The Kier molecular flexibility index (Phi) is 81.0. The van der Waals surface area contributed by atoms with Crippen molar-refractivity contribution >= 4 is 34.2 Å². The van der Waals surface area contributed by atoms with Crippen LogP contribution in [0.1, 0.15) is 600 Å². The second-order valence-corrected chi connectivity index (χ2v) is 46.7. The summed E-state index contributed by atoms with van der Waals surface area (Å²) in [6, 6.07) is 52.1. The number of aryl methyl sites for hydroxylation is 6. The van der Waals surface area contributed by atoms with Gasteiger partial charge in [0.25, 0.3) is 0 Å². The average molecular weight is 2110 g/mol. The minimum absolute atomic E-state index is 0.897. The zero-order valence-corrected chi connectivity index (χ0v) is 100. The van der Waals surface area contributed by atoms with E-state index in [4.69, 9.17) is 0 Å². The predicted octanol–water partition coefficient (Wildman–Crippen LogP) is 47.7. The van der Waals surface area contributed by atoms with Crippen LogP contribution in [0.15, 0.2) is 181 Å². The summed E-state index contributed by atoms with van der Waals surface area (Å²) >= 11 is 4.05. The fraction of sp³-hybridized carbons (Fsp3) is 0.657. The molecule has 3 aliphatic heterocycles. The van der Waals surface area contributed by atoms with Crippen molar-refractivity contribution < 1.29 is 43.0 Å². The Morgan fingerprint density at radius 1 is 0.162 bits per heavy atom. The summed E-state index contributed by atoms with van der Waals surface area (Å²) in [6.07, 6.45) is 108. The van der Waals surface area contributed by atoms with Gasteiger partial charge in [-0.1, -0.05) is 309 Å². The van der Waals surface area contributed by atoms with Gasteiger partial charge in [-0.25, -0.2) is 14.1 Å². The Hall–Kier alpha value is -6.45. The topological polar surface area (TPSA) is 75.9 Å². The molecule has 6 nitrogen and oxygen atoms in total. The first-order valence-electron chi connectivity index (χ1n) is 63.1. The molecule has 0 spiro atoms. The molecule has 9 rings (SSSR count). The third-order valence-electron chi connectivity index (χ3n) is 30.1. The second kappa shape index (κ2) is 90.9. The van der Waals surface area contributed by atoms with Crippen LogP contribution in [0.2, 0.25) is 21.6 Å². The van der Waals surface area contributed by atoms with E-state index in [0.29, 0.717) is 0 Å². The number of nitrogens with zero attached hydrogens (tertiary/aromatic N) is 6. The van der Waals surface area contributed by atoms with E-state index in [2.05, 4.69) is 254 Å². The van der Waals surface area contributed by atoms with Gasteiger partial charge in [-0.15, -0.1) is 0 Å². The minimum atomic E-state index is 0.897. The first-order valence-corrected chi connectivity index (χ1v) is 65.9. The third kappa shape index (κ3) is 58.7. The van der Waals surface area contributed by atoms with Crippen molar-refractivity contribution in [1.29, 1.82) is 0 Å². The molecule has 3 aliphatic rings. The Balaban J connectivity index is 0.000000334. The van der Waals surface area contributed by atoms with Crippen molar-refractivity contribution in [3.05, 3.63) is 264 Å². The van der Waals surface area contributed by atoms with Crippen molar-refractivity contribution in [2.24, 2.45) is 0 Å². The molecular formula is C140H224N6Ni2. The van der Waals surface area contributed by atoms with Crippen LogP contribution in [-0.4, -0.2) is 14.1 Å². The summed E-state index contributed by atoms with van der Waals surface area (Å²) in [7, 11) is 0. The van der Waals surface area contributed by atoms with Gasteiger partial charge in [0.05, 0.1) is 0 Å². The fourth-order valence-corrected chi connectivity index (χ4v) is 23.1. The standard InChI is InChI=1S/3C28H36N2.2C21H43.2C7H15.2Ni/c3*1-4-7-12-22-14-10-17-24(19-22)27-21-26(16-9-6-3)28(30(27)29)25-18-11-15-23(20-25)13-8-5-2;2*1-3-5-7-9-11-13-15-17-19-21-20-18-16-14-12-10-8-6-4-2;2*1-3-5-7-6-4-2;;/h3*10-11,14-15,17-21H,4-9,12-13,16H2,1-3H3;2*1,3-21H2,2H3;2*1,3-7H2,2H3;;. The maximum atomic E-state index is 11.3. The van der Waals surface area contributed by atoms with Gasteiger partial charge >= 0.3 is 270 Å². The van der Waals surface area contributed by atoms with E-state index in [9.17, 15) is 16.6 Å². The van der Waals surface area contributed by atoms with E-state index in [1.807, 2.05) is 28.9 Å². The molecule has 6 aromatic rings. The first kappa shape index (κ1) is 132. The summed E-state index contributed by atoms with van der Waals surface area (Å²) in [6.45, 7) is 29.2. The summed E-state index contributed by atoms with van der Waals surface area (Å²) in [5, 5.41) is 5.71. The SMILES string of the molecule is CCCCC1=C(c2cccc(CCCC)c2)[N+](=[N-])C(c2cccc(CCCC)c2)=C1.CCCCC1=C(c2cccc(CCCC)c2)[N+](=[N-])C(c2cccc(CCCC)c2)=C1.CCCCC1=C(c2cccc(CCCC)c2)[N+](=[N-])C(c2cccc(CCCC)c2)=C1.CCCCCCCCCCCCCCCCCCCC[CH2][Ni][CH2]CCCCCCCCCCCCCCCCCCCC.CCCCCC[CH2][Ni][CH2]CCCCCC. The van der Waals surface area contributed by atoms with E-state index >= 15 is 0 Å². The molecule has 0 unspecified atom stereocenters.